The number of halogens is 1. The van der Waals surface area contributed by atoms with Crippen molar-refractivity contribution in [2.45, 2.75) is 88.9 Å². The van der Waals surface area contributed by atoms with Gasteiger partial charge in [-0.3, -0.25) is 4.79 Å². The van der Waals surface area contributed by atoms with Crippen molar-refractivity contribution in [3.63, 3.8) is 0 Å². The average Bonchev–Trinajstić information content (AvgIpc) is 3.55. The number of hydrogen-bond acceptors (Lipinski definition) is 5. The van der Waals surface area contributed by atoms with Crippen LogP contribution in [0, 0.1) is 23.7 Å². The Morgan fingerprint density at radius 2 is 1.34 bits per heavy atom. The summed E-state index contributed by atoms with van der Waals surface area (Å²) in [4.78, 5) is 27.6. The van der Waals surface area contributed by atoms with Crippen LogP contribution in [-0.4, -0.2) is 43.9 Å². The summed E-state index contributed by atoms with van der Waals surface area (Å²) in [5.74, 6) is 2.43. The minimum Gasteiger partial charge on any atom is -0.355 e. The van der Waals surface area contributed by atoms with Crippen LogP contribution < -0.4 is 10.6 Å². The van der Waals surface area contributed by atoms with E-state index in [4.69, 9.17) is 9.78 Å². The van der Waals surface area contributed by atoms with Gasteiger partial charge in [-0.25, -0.2) is 9.78 Å². The number of hydrogen-bond donors (Lipinski definition) is 2. The van der Waals surface area contributed by atoms with E-state index in [0.29, 0.717) is 24.3 Å². The molecular formula is C22H37FN2O4. The van der Waals surface area contributed by atoms with Gasteiger partial charge in [-0.2, -0.15) is 4.94 Å². The van der Waals surface area contributed by atoms with Crippen LogP contribution in [0.1, 0.15) is 70.6 Å². The minimum atomic E-state index is -0.217. The summed E-state index contributed by atoms with van der Waals surface area (Å²) in [5, 5.41) is 6.30. The van der Waals surface area contributed by atoms with E-state index in [2.05, 4.69) is 15.6 Å². The molecule has 2 N–H and O–H groups in total. The molecule has 0 aliphatic heterocycles. The number of nitrogens with one attached hydrogen (secondary N) is 2. The van der Waals surface area contributed by atoms with E-state index in [-0.39, 0.29) is 24.2 Å². The Morgan fingerprint density at radius 1 is 0.759 bits per heavy atom. The Labute approximate surface area is 173 Å². The fraction of sp³-hybridized carbons (Fsp3) is 0.955. The second-order valence-electron chi connectivity index (χ2n) is 9.96. The van der Waals surface area contributed by atoms with Crippen molar-refractivity contribution in [2.75, 3.05) is 19.6 Å². The van der Waals surface area contributed by atoms with Gasteiger partial charge in [-0.15, -0.1) is 0 Å². The minimum absolute atomic E-state index is 0.107. The summed E-state index contributed by atoms with van der Waals surface area (Å²) >= 11 is 0. The number of carbonyl (C=O) groups excluding carboxylic acids is 1. The van der Waals surface area contributed by atoms with E-state index in [9.17, 15) is 9.32 Å². The highest BCUT2D eigenvalue weighted by molar-refractivity contribution is 5.77. The fourth-order valence-electron chi connectivity index (χ4n) is 5.50. The summed E-state index contributed by atoms with van der Waals surface area (Å²) in [6.07, 6.45) is 11.5. The Bertz CT molecular complexity index is 511. The number of fused-ring (bicyclic) bond motifs is 2. The molecule has 4 aliphatic carbocycles. The average molecular weight is 413 g/mol. The lowest BCUT2D eigenvalue weighted by atomic mass is 9.70. The summed E-state index contributed by atoms with van der Waals surface area (Å²) in [5.41, 5.74) is 0. The normalized spacial score (nSPS) is 37.3. The number of carbonyl (C=O) groups is 1. The van der Waals surface area contributed by atoms with E-state index < -0.39 is 0 Å². The summed E-state index contributed by atoms with van der Waals surface area (Å²) in [6.45, 7) is 2.17. The predicted octanol–water partition coefficient (Wildman–Crippen LogP) is 3.46. The van der Waals surface area contributed by atoms with Gasteiger partial charge in [0.25, 0.3) is 0 Å². The van der Waals surface area contributed by atoms with Crippen LogP contribution in [0.4, 0.5) is 4.53 Å². The van der Waals surface area contributed by atoms with Crippen molar-refractivity contribution < 1.29 is 24.0 Å². The molecule has 0 saturated heterocycles. The summed E-state index contributed by atoms with van der Waals surface area (Å²) in [6, 6.07) is 0. The fourth-order valence-corrected chi connectivity index (χ4v) is 5.50. The zero-order valence-electron chi connectivity index (χ0n) is 17.5. The van der Waals surface area contributed by atoms with Gasteiger partial charge in [0.1, 0.15) is 0 Å². The van der Waals surface area contributed by atoms with Crippen molar-refractivity contribution in [3.05, 3.63) is 0 Å². The zero-order chi connectivity index (χ0) is 20.1. The van der Waals surface area contributed by atoms with E-state index in [0.717, 1.165) is 70.4 Å². The monoisotopic (exact) mass is 412 g/mol. The molecule has 6 nitrogen and oxygen atoms in total. The maximum atomic E-state index is 12.5. The van der Waals surface area contributed by atoms with Gasteiger partial charge >= 0.3 is 0 Å². The van der Waals surface area contributed by atoms with Crippen LogP contribution >= 0.6 is 0 Å². The van der Waals surface area contributed by atoms with Gasteiger partial charge < -0.3 is 10.6 Å². The summed E-state index contributed by atoms with van der Waals surface area (Å²) in [7, 11) is 0. The first kappa shape index (κ1) is 21.5. The van der Waals surface area contributed by atoms with Crippen molar-refractivity contribution in [3.8, 4) is 0 Å². The highest BCUT2D eigenvalue weighted by Crippen LogP contribution is 2.42. The second-order valence-corrected chi connectivity index (χ2v) is 9.96. The smallest absolute Gasteiger partial charge is 0.233 e. The van der Waals surface area contributed by atoms with Crippen LogP contribution in [0.3, 0.4) is 0 Å². The van der Waals surface area contributed by atoms with E-state index in [1.807, 2.05) is 0 Å². The molecule has 2 atom stereocenters. The first-order valence-corrected chi connectivity index (χ1v) is 11.7. The van der Waals surface area contributed by atoms with Crippen molar-refractivity contribution in [1.29, 1.82) is 0 Å². The lowest BCUT2D eigenvalue weighted by Crippen LogP contribution is -2.39. The van der Waals surface area contributed by atoms with Crippen LogP contribution in [0.15, 0.2) is 0 Å². The molecular weight excluding hydrogens is 375 g/mol. The summed E-state index contributed by atoms with van der Waals surface area (Å²) < 4.78 is 12.5. The van der Waals surface area contributed by atoms with Crippen LogP contribution in [0.25, 0.3) is 0 Å². The first-order valence-electron chi connectivity index (χ1n) is 11.7. The molecule has 7 heteroatoms. The molecule has 1 amide bonds. The highest BCUT2D eigenvalue weighted by Gasteiger charge is 2.38. The van der Waals surface area contributed by atoms with Gasteiger partial charge in [-0.05, 0) is 105 Å². The maximum absolute atomic E-state index is 12.5. The third kappa shape index (κ3) is 6.88. The third-order valence-corrected chi connectivity index (χ3v) is 7.30. The molecule has 4 aliphatic rings. The molecule has 4 saturated carbocycles. The largest absolute Gasteiger partial charge is 0.355 e. The quantitative estimate of drug-likeness (QED) is 0.425. The van der Waals surface area contributed by atoms with E-state index in [1.165, 1.54) is 19.3 Å². The molecule has 29 heavy (non-hydrogen) atoms. The lowest BCUT2D eigenvalue weighted by Gasteiger charge is -2.40. The predicted molar refractivity (Wildman–Crippen MR) is 106 cm³/mol. The molecule has 2 unspecified atom stereocenters. The zero-order valence-corrected chi connectivity index (χ0v) is 17.5. The van der Waals surface area contributed by atoms with Gasteiger partial charge in [0.05, 0.1) is 24.9 Å². The Balaban J connectivity index is 1.06. The molecule has 4 rings (SSSR count). The van der Waals surface area contributed by atoms with Crippen LogP contribution in [0.5, 0.6) is 0 Å². The van der Waals surface area contributed by atoms with Gasteiger partial charge in [0.15, 0.2) is 0 Å². The molecule has 4 fully saturated rings. The molecule has 0 spiro atoms. The highest BCUT2D eigenvalue weighted by atomic mass is 19.3. The van der Waals surface area contributed by atoms with Gasteiger partial charge in [0, 0.05) is 6.54 Å². The standard InChI is InChI=1S/C22H37FN2O4/c23-27-20-8-17-7-18(9-20)11-21(10-17)29-28-19-5-3-16(4-6-19)13-25-22(26)14-24-12-15-1-2-15/h15-21,24H,1-14H2,(H,25,26). The topological polar surface area (TPSA) is 68.8 Å². The van der Waals surface area contributed by atoms with Crippen LogP contribution in [-0.2, 0) is 19.5 Å². The van der Waals surface area contributed by atoms with E-state index >= 15 is 0 Å². The molecule has 166 valence electrons. The first-order chi connectivity index (χ1) is 14.2. The molecule has 0 heterocycles. The van der Waals surface area contributed by atoms with Crippen molar-refractivity contribution >= 4 is 5.91 Å². The SMILES string of the molecule is O=C(CNCC1CC1)NCC1CCC(OOC2CC3CC(CC(OF)C3)C2)CC1. The second kappa shape index (κ2) is 10.5. The van der Waals surface area contributed by atoms with Crippen LogP contribution in [0.2, 0.25) is 0 Å². The van der Waals surface area contributed by atoms with E-state index in [1.54, 1.807) is 0 Å². The van der Waals surface area contributed by atoms with Gasteiger partial charge in [-0.1, -0.05) is 0 Å². The Morgan fingerprint density at radius 3 is 2.00 bits per heavy atom. The third-order valence-electron chi connectivity index (χ3n) is 7.30. The number of amides is 1. The molecule has 0 aromatic rings. The maximum Gasteiger partial charge on any atom is 0.233 e. The molecule has 0 aromatic carbocycles. The Hall–Kier alpha value is -0.760. The van der Waals surface area contributed by atoms with Gasteiger partial charge in [0.2, 0.25) is 5.91 Å². The number of rotatable bonds is 10. The Kier molecular flexibility index (Phi) is 7.78. The van der Waals surface area contributed by atoms with Crippen molar-refractivity contribution in [1.82, 2.24) is 10.6 Å². The molecule has 0 aromatic heterocycles. The van der Waals surface area contributed by atoms with Crippen molar-refractivity contribution in [2.24, 2.45) is 23.7 Å². The molecule has 0 radical (unpaired) electrons. The molecule has 2 bridgehead atoms. The lowest BCUT2D eigenvalue weighted by molar-refractivity contribution is -0.364.